The molecular formula is C35H37N. The summed E-state index contributed by atoms with van der Waals surface area (Å²) >= 11 is 0. The summed E-state index contributed by atoms with van der Waals surface area (Å²) in [7, 11) is 0. The van der Waals surface area contributed by atoms with Crippen LogP contribution in [0.2, 0.25) is 0 Å². The highest BCUT2D eigenvalue weighted by Gasteiger charge is 2.35. The monoisotopic (exact) mass is 471 g/mol. The Morgan fingerprint density at radius 1 is 0.500 bits per heavy atom. The van der Waals surface area contributed by atoms with Crippen molar-refractivity contribution in [2.24, 2.45) is 0 Å². The van der Waals surface area contributed by atoms with Crippen molar-refractivity contribution in [2.45, 2.75) is 58.4 Å². The van der Waals surface area contributed by atoms with Crippen LogP contribution in [0.5, 0.6) is 0 Å². The Morgan fingerprint density at radius 3 is 1.42 bits per heavy atom. The highest BCUT2D eigenvalue weighted by molar-refractivity contribution is 6.02. The lowest BCUT2D eigenvalue weighted by atomic mass is 9.79. The quantitative estimate of drug-likeness (QED) is 0.228. The van der Waals surface area contributed by atoms with Crippen LogP contribution in [0.1, 0.15) is 58.6 Å². The minimum absolute atomic E-state index is 0.173. The summed E-state index contributed by atoms with van der Waals surface area (Å²) in [4.78, 5) is 2.59. The van der Waals surface area contributed by atoms with Crippen molar-refractivity contribution in [3.63, 3.8) is 0 Å². The fraction of sp³-hybridized carbons (Fsp3) is 0.257. The predicted molar refractivity (Wildman–Crippen MR) is 157 cm³/mol. The molecule has 0 aliphatic heterocycles. The Labute approximate surface area is 216 Å². The van der Waals surface area contributed by atoms with Crippen LogP contribution in [0.15, 0.2) is 109 Å². The van der Waals surface area contributed by atoms with E-state index < -0.39 is 0 Å². The average Bonchev–Trinajstić information content (AvgIpc) is 2.93. The van der Waals surface area contributed by atoms with Gasteiger partial charge in [0, 0.05) is 22.1 Å². The van der Waals surface area contributed by atoms with E-state index in [1.807, 2.05) is 0 Å². The normalized spacial score (nSPS) is 13.6. The van der Waals surface area contributed by atoms with E-state index in [2.05, 4.69) is 149 Å². The van der Waals surface area contributed by atoms with Crippen LogP contribution < -0.4 is 4.90 Å². The van der Waals surface area contributed by atoms with Crippen molar-refractivity contribution >= 4 is 32.9 Å². The Balaban J connectivity index is 1.79. The maximum atomic E-state index is 2.59. The van der Waals surface area contributed by atoms with E-state index >= 15 is 0 Å². The Bertz CT molecular complexity index is 1400. The van der Waals surface area contributed by atoms with Gasteiger partial charge in [0.1, 0.15) is 0 Å². The number of anilines is 2. The molecule has 0 spiro atoms. The summed E-state index contributed by atoms with van der Waals surface area (Å²) in [6.07, 6.45) is 2.09. The van der Waals surface area contributed by atoms with E-state index in [9.17, 15) is 0 Å². The molecule has 1 nitrogen and oxygen atoms in total. The summed E-state index contributed by atoms with van der Waals surface area (Å²) < 4.78 is 0. The molecule has 0 saturated heterocycles. The van der Waals surface area contributed by atoms with Crippen molar-refractivity contribution in [1.29, 1.82) is 0 Å². The van der Waals surface area contributed by atoms with Gasteiger partial charge in [-0.05, 0) is 59.2 Å². The van der Waals surface area contributed by atoms with Crippen molar-refractivity contribution in [3.8, 4) is 0 Å². The molecule has 5 rings (SSSR count). The molecule has 1 atom stereocenters. The van der Waals surface area contributed by atoms with Crippen molar-refractivity contribution in [3.05, 3.63) is 120 Å². The van der Waals surface area contributed by atoms with Gasteiger partial charge in [0.15, 0.2) is 0 Å². The zero-order chi connectivity index (χ0) is 25.3. The molecule has 0 aliphatic rings. The zero-order valence-corrected chi connectivity index (χ0v) is 22.3. The maximum Gasteiger partial charge on any atom is 0.0672 e. The summed E-state index contributed by atoms with van der Waals surface area (Å²) in [5, 5.41) is 5.07. The van der Waals surface area contributed by atoms with Gasteiger partial charge in [0.25, 0.3) is 0 Å². The molecular weight excluding hydrogens is 434 g/mol. The van der Waals surface area contributed by atoms with Crippen molar-refractivity contribution in [2.75, 3.05) is 4.90 Å². The number of rotatable bonds is 7. The smallest absolute Gasteiger partial charge is 0.0672 e. The standard InChI is InChI=1S/C35H37N/c1-6-34(3,4)28-22-24-29(25-23-28)35(5,7-2)36(32-20-12-16-26-14-8-10-18-30(26)32)33-21-13-17-27-15-9-11-19-31(27)33/h8-25H,6-7H2,1-5H3. The van der Waals surface area contributed by atoms with Crippen LogP contribution in [-0.2, 0) is 11.0 Å². The zero-order valence-electron chi connectivity index (χ0n) is 22.3. The minimum atomic E-state index is -0.247. The topological polar surface area (TPSA) is 3.24 Å². The van der Waals surface area contributed by atoms with E-state index in [0.29, 0.717) is 0 Å². The third-order valence-electron chi connectivity index (χ3n) is 8.37. The van der Waals surface area contributed by atoms with Crippen LogP contribution in [0.3, 0.4) is 0 Å². The summed E-state index contributed by atoms with van der Waals surface area (Å²) in [6.45, 7) is 11.6. The van der Waals surface area contributed by atoms with Crippen molar-refractivity contribution < 1.29 is 0 Å². The molecule has 0 radical (unpaired) electrons. The lowest BCUT2D eigenvalue weighted by Gasteiger charge is -2.44. The lowest BCUT2D eigenvalue weighted by molar-refractivity contribution is 0.463. The van der Waals surface area contributed by atoms with Gasteiger partial charge in [-0.15, -0.1) is 0 Å². The highest BCUT2D eigenvalue weighted by atomic mass is 15.2. The maximum absolute atomic E-state index is 2.59. The van der Waals surface area contributed by atoms with Crippen LogP contribution in [-0.4, -0.2) is 0 Å². The van der Waals surface area contributed by atoms with Crippen LogP contribution in [0.25, 0.3) is 21.5 Å². The fourth-order valence-electron chi connectivity index (χ4n) is 5.44. The molecule has 0 N–H and O–H groups in total. The predicted octanol–water partition coefficient (Wildman–Crippen LogP) is 10.1. The van der Waals surface area contributed by atoms with Gasteiger partial charge in [-0.1, -0.05) is 125 Å². The van der Waals surface area contributed by atoms with Crippen LogP contribution in [0.4, 0.5) is 11.4 Å². The molecule has 0 heterocycles. The molecule has 0 saturated carbocycles. The molecule has 5 aromatic rings. The molecule has 0 aromatic heterocycles. The first-order valence-corrected chi connectivity index (χ1v) is 13.3. The second-order valence-electron chi connectivity index (χ2n) is 10.8. The van der Waals surface area contributed by atoms with Gasteiger partial charge in [-0.25, -0.2) is 0 Å². The number of hydrogen-bond acceptors (Lipinski definition) is 1. The SMILES string of the molecule is CCC(C)(C)c1ccc(C(C)(CC)N(c2cccc3ccccc23)c2cccc3ccccc23)cc1. The number of nitrogens with zero attached hydrogens (tertiary/aromatic N) is 1. The number of hydrogen-bond donors (Lipinski definition) is 0. The Morgan fingerprint density at radius 2 is 0.944 bits per heavy atom. The second kappa shape index (κ2) is 9.47. The first-order valence-electron chi connectivity index (χ1n) is 13.3. The fourth-order valence-corrected chi connectivity index (χ4v) is 5.44. The first kappa shape index (κ1) is 24.1. The number of fused-ring (bicyclic) bond motifs is 2. The van der Waals surface area contributed by atoms with E-state index in [-0.39, 0.29) is 11.0 Å². The molecule has 1 heteroatoms. The first-order chi connectivity index (χ1) is 17.4. The van der Waals surface area contributed by atoms with E-state index in [1.165, 1.54) is 44.0 Å². The Hall–Kier alpha value is -3.58. The van der Waals surface area contributed by atoms with E-state index in [0.717, 1.165) is 12.8 Å². The second-order valence-corrected chi connectivity index (χ2v) is 10.8. The van der Waals surface area contributed by atoms with Gasteiger partial charge < -0.3 is 4.90 Å². The van der Waals surface area contributed by atoms with E-state index in [1.54, 1.807) is 0 Å². The van der Waals surface area contributed by atoms with Gasteiger partial charge in [-0.2, -0.15) is 0 Å². The third-order valence-corrected chi connectivity index (χ3v) is 8.37. The molecule has 36 heavy (non-hydrogen) atoms. The molecule has 5 aromatic carbocycles. The largest absolute Gasteiger partial charge is 0.330 e. The van der Waals surface area contributed by atoms with E-state index in [4.69, 9.17) is 0 Å². The van der Waals surface area contributed by atoms with Gasteiger partial charge >= 0.3 is 0 Å². The molecule has 1 unspecified atom stereocenters. The lowest BCUT2D eigenvalue weighted by Crippen LogP contribution is -2.40. The summed E-state index contributed by atoms with van der Waals surface area (Å²) in [5.41, 5.74) is 5.14. The number of benzene rings is 5. The van der Waals surface area contributed by atoms with Gasteiger partial charge in [0.05, 0.1) is 5.54 Å². The average molecular weight is 472 g/mol. The van der Waals surface area contributed by atoms with Crippen LogP contribution in [0, 0.1) is 0 Å². The third kappa shape index (κ3) is 4.07. The molecule has 0 bridgehead atoms. The van der Waals surface area contributed by atoms with Crippen molar-refractivity contribution in [1.82, 2.24) is 0 Å². The highest BCUT2D eigenvalue weighted by Crippen LogP contribution is 2.46. The molecule has 0 fully saturated rings. The summed E-state index contributed by atoms with van der Waals surface area (Å²) in [5.74, 6) is 0. The molecule has 0 aliphatic carbocycles. The Kier molecular flexibility index (Phi) is 6.35. The minimum Gasteiger partial charge on any atom is -0.330 e. The van der Waals surface area contributed by atoms with Gasteiger partial charge in [0.2, 0.25) is 0 Å². The molecule has 0 amide bonds. The van der Waals surface area contributed by atoms with Gasteiger partial charge in [-0.3, -0.25) is 0 Å². The molecule has 182 valence electrons. The van der Waals surface area contributed by atoms with Crippen LogP contribution >= 0.6 is 0 Å². The summed E-state index contributed by atoms with van der Waals surface area (Å²) in [6, 6.07) is 40.3.